The van der Waals surface area contributed by atoms with E-state index in [1.165, 1.54) is 0 Å². The van der Waals surface area contributed by atoms with Gasteiger partial charge in [0.2, 0.25) is 11.8 Å². The van der Waals surface area contributed by atoms with Crippen molar-refractivity contribution in [1.82, 2.24) is 15.0 Å². The molecular weight excluding hydrogens is 492 g/mol. The average molecular weight is 531 g/mol. The number of aromatic nitrogens is 3. The molecule has 2 aromatic heterocycles. The number of ether oxygens (including phenoxy) is 1. The number of fused-ring (bicyclic) bond motifs is 1. The monoisotopic (exact) mass is 530 g/mol. The second kappa shape index (κ2) is 10.3. The van der Waals surface area contributed by atoms with Gasteiger partial charge in [0.25, 0.3) is 0 Å². The van der Waals surface area contributed by atoms with Crippen LogP contribution in [0.25, 0.3) is 11.3 Å². The largest absolute Gasteiger partial charge is 0.473 e. The molecule has 1 unspecified atom stereocenters. The Balaban J connectivity index is 1.66. The van der Waals surface area contributed by atoms with Crippen LogP contribution in [0.2, 0.25) is 18.1 Å². The maximum absolute atomic E-state index is 9.98. The van der Waals surface area contributed by atoms with Gasteiger partial charge in [0.1, 0.15) is 11.8 Å². The number of pyridine rings is 1. The van der Waals surface area contributed by atoms with Crippen molar-refractivity contribution in [3.05, 3.63) is 53.9 Å². The SMILES string of the molecule is CC(C)Oc1ncccc1Nc1nccc(-c2cc(C#N)c3c(c2)C(C)(CO[Si](C)(C)C(C)(C)C)CN3)n1. The predicted molar refractivity (Wildman–Crippen MR) is 154 cm³/mol. The highest BCUT2D eigenvalue weighted by molar-refractivity contribution is 6.74. The highest BCUT2D eigenvalue weighted by atomic mass is 28.4. The van der Waals surface area contributed by atoms with E-state index < -0.39 is 8.32 Å². The fourth-order valence-corrected chi connectivity index (χ4v) is 5.22. The molecule has 0 fully saturated rings. The molecule has 0 saturated carbocycles. The van der Waals surface area contributed by atoms with Gasteiger partial charge in [-0.3, -0.25) is 0 Å². The molecule has 9 heteroatoms. The van der Waals surface area contributed by atoms with Crippen LogP contribution in [0.1, 0.15) is 52.7 Å². The third-order valence-corrected chi connectivity index (χ3v) is 11.9. The second-order valence-electron chi connectivity index (χ2n) is 11.9. The third-order valence-electron chi connectivity index (χ3n) is 7.44. The van der Waals surface area contributed by atoms with E-state index in [0.29, 0.717) is 36.2 Å². The molecule has 1 aliphatic rings. The zero-order valence-electron chi connectivity index (χ0n) is 23.6. The van der Waals surface area contributed by atoms with Crippen molar-refractivity contribution < 1.29 is 9.16 Å². The van der Waals surface area contributed by atoms with E-state index in [4.69, 9.17) is 14.1 Å². The van der Waals surface area contributed by atoms with E-state index in [9.17, 15) is 5.26 Å². The zero-order valence-corrected chi connectivity index (χ0v) is 24.6. The molecule has 0 spiro atoms. The lowest BCUT2D eigenvalue weighted by atomic mass is 9.83. The smallest absolute Gasteiger partial charge is 0.238 e. The molecule has 8 nitrogen and oxygen atoms in total. The first kappa shape index (κ1) is 27.5. The summed E-state index contributed by atoms with van der Waals surface area (Å²) in [6.07, 6.45) is 3.38. The van der Waals surface area contributed by atoms with Gasteiger partial charge < -0.3 is 19.8 Å². The van der Waals surface area contributed by atoms with Crippen LogP contribution in [0.4, 0.5) is 17.3 Å². The number of hydrogen-bond donors (Lipinski definition) is 2. The fraction of sp³-hybridized carbons (Fsp3) is 0.448. The second-order valence-corrected chi connectivity index (χ2v) is 16.7. The molecule has 0 aliphatic carbocycles. The van der Waals surface area contributed by atoms with E-state index in [-0.39, 0.29) is 16.6 Å². The first-order chi connectivity index (χ1) is 17.8. The van der Waals surface area contributed by atoms with E-state index in [0.717, 1.165) is 22.5 Å². The summed E-state index contributed by atoms with van der Waals surface area (Å²) in [5.41, 5.74) is 4.56. The average Bonchev–Trinajstić information content (AvgIpc) is 3.19. The van der Waals surface area contributed by atoms with Crippen LogP contribution in [0, 0.1) is 11.3 Å². The minimum atomic E-state index is -1.94. The third kappa shape index (κ3) is 5.66. The normalized spacial score (nSPS) is 17.1. The number of hydrogen-bond acceptors (Lipinski definition) is 8. The maximum Gasteiger partial charge on any atom is 0.238 e. The van der Waals surface area contributed by atoms with Gasteiger partial charge in [0, 0.05) is 36.5 Å². The molecule has 4 rings (SSSR count). The number of nitrogens with zero attached hydrogens (tertiary/aromatic N) is 4. The van der Waals surface area contributed by atoms with Gasteiger partial charge in [0.05, 0.1) is 23.0 Å². The molecule has 0 bridgehead atoms. The van der Waals surface area contributed by atoms with Crippen LogP contribution in [0.15, 0.2) is 42.7 Å². The summed E-state index contributed by atoms with van der Waals surface area (Å²) >= 11 is 0. The van der Waals surface area contributed by atoms with Crippen molar-refractivity contribution >= 4 is 25.6 Å². The van der Waals surface area contributed by atoms with Gasteiger partial charge in [-0.1, -0.05) is 27.7 Å². The maximum atomic E-state index is 9.98. The van der Waals surface area contributed by atoms with Crippen LogP contribution < -0.4 is 15.4 Å². The van der Waals surface area contributed by atoms with Crippen LogP contribution in [-0.2, 0) is 9.84 Å². The highest BCUT2D eigenvalue weighted by Crippen LogP contribution is 2.44. The molecule has 3 aromatic rings. The van der Waals surface area contributed by atoms with Gasteiger partial charge in [-0.15, -0.1) is 0 Å². The Morgan fingerprint density at radius 3 is 2.63 bits per heavy atom. The number of nitriles is 1. The van der Waals surface area contributed by atoms with Gasteiger partial charge in [-0.25, -0.2) is 15.0 Å². The first-order valence-corrected chi connectivity index (χ1v) is 15.9. The van der Waals surface area contributed by atoms with Gasteiger partial charge in [-0.05, 0) is 67.9 Å². The van der Waals surface area contributed by atoms with E-state index in [2.05, 4.69) is 73.5 Å². The summed E-state index contributed by atoms with van der Waals surface area (Å²) in [7, 11) is -1.94. The molecule has 1 atom stereocenters. The summed E-state index contributed by atoms with van der Waals surface area (Å²) in [4.78, 5) is 13.5. The number of anilines is 3. The molecule has 1 aliphatic heterocycles. The zero-order chi connectivity index (χ0) is 27.7. The molecule has 38 heavy (non-hydrogen) atoms. The first-order valence-electron chi connectivity index (χ1n) is 13.0. The van der Waals surface area contributed by atoms with Crippen molar-refractivity contribution in [1.29, 1.82) is 5.26 Å². The standard InChI is InChI=1S/C29H38N6O2Si/c1-19(2)37-26-24(10-9-12-31-26)35-27-32-13-11-23(34-27)20-14-21(16-30)25-22(15-20)29(6,17-33-25)18-36-38(7,8)28(3,4)5/h9-15,19,33H,17-18H2,1-8H3,(H,32,34,35). The highest BCUT2D eigenvalue weighted by Gasteiger charge is 2.42. The van der Waals surface area contributed by atoms with E-state index >= 15 is 0 Å². The van der Waals surface area contributed by atoms with Gasteiger partial charge >= 0.3 is 0 Å². The van der Waals surface area contributed by atoms with Crippen molar-refractivity contribution in [3.8, 4) is 23.2 Å². The van der Waals surface area contributed by atoms with Crippen LogP contribution in [0.3, 0.4) is 0 Å². The van der Waals surface area contributed by atoms with Crippen molar-refractivity contribution in [2.24, 2.45) is 0 Å². The van der Waals surface area contributed by atoms with E-state index in [1.807, 2.05) is 38.1 Å². The van der Waals surface area contributed by atoms with Crippen LogP contribution in [0.5, 0.6) is 5.88 Å². The molecule has 0 amide bonds. The van der Waals surface area contributed by atoms with Crippen LogP contribution in [-0.4, -0.2) is 42.5 Å². The quantitative estimate of drug-likeness (QED) is 0.312. The molecule has 1 aromatic carbocycles. The molecule has 0 radical (unpaired) electrons. The number of nitrogens with one attached hydrogen (secondary N) is 2. The Morgan fingerprint density at radius 2 is 1.95 bits per heavy atom. The van der Waals surface area contributed by atoms with Crippen molar-refractivity contribution in [3.63, 3.8) is 0 Å². The summed E-state index contributed by atoms with van der Waals surface area (Å²) < 4.78 is 12.5. The summed E-state index contributed by atoms with van der Waals surface area (Å²) in [6, 6.07) is 12.0. The Morgan fingerprint density at radius 1 is 1.18 bits per heavy atom. The lowest BCUT2D eigenvalue weighted by Gasteiger charge is -2.39. The molecule has 3 heterocycles. The fourth-order valence-electron chi connectivity index (χ4n) is 4.11. The van der Waals surface area contributed by atoms with Crippen molar-refractivity contribution in [2.75, 3.05) is 23.8 Å². The predicted octanol–water partition coefficient (Wildman–Crippen LogP) is 6.65. The summed E-state index contributed by atoms with van der Waals surface area (Å²) in [6.45, 7) is 18.7. The molecule has 0 saturated heterocycles. The number of benzene rings is 1. The molecular formula is C29H38N6O2Si. The lowest BCUT2D eigenvalue weighted by Crippen LogP contribution is -2.45. The summed E-state index contributed by atoms with van der Waals surface area (Å²) in [5, 5.41) is 16.8. The Hall–Kier alpha value is -3.48. The van der Waals surface area contributed by atoms with Crippen LogP contribution >= 0.6 is 0 Å². The number of rotatable bonds is 8. The van der Waals surface area contributed by atoms with E-state index in [1.54, 1.807) is 12.4 Å². The topological polar surface area (TPSA) is 105 Å². The molecule has 200 valence electrons. The molecule has 2 N–H and O–H groups in total. The minimum Gasteiger partial charge on any atom is -0.473 e. The van der Waals surface area contributed by atoms with Crippen molar-refractivity contribution in [2.45, 2.75) is 71.2 Å². The van der Waals surface area contributed by atoms with Gasteiger partial charge in [-0.2, -0.15) is 5.26 Å². The Bertz CT molecular complexity index is 1360. The van der Waals surface area contributed by atoms with Gasteiger partial charge in [0.15, 0.2) is 8.32 Å². The Kier molecular flexibility index (Phi) is 7.50. The summed E-state index contributed by atoms with van der Waals surface area (Å²) in [5.74, 6) is 0.912. The lowest BCUT2D eigenvalue weighted by molar-refractivity contribution is 0.220. The Labute approximate surface area is 227 Å². The minimum absolute atomic E-state index is 0.0166.